The number of nitrogen functional groups attached to an aromatic ring is 1. The van der Waals surface area contributed by atoms with Gasteiger partial charge >= 0.3 is 0 Å². The van der Waals surface area contributed by atoms with Crippen LogP contribution in [0, 0.1) is 6.92 Å². The molecular formula is C14H16N4O2. The summed E-state index contributed by atoms with van der Waals surface area (Å²) >= 11 is 0. The first-order chi connectivity index (χ1) is 9.63. The predicted molar refractivity (Wildman–Crippen MR) is 76.6 cm³/mol. The Balaban J connectivity index is 1.69. The summed E-state index contributed by atoms with van der Waals surface area (Å²) in [7, 11) is 0. The van der Waals surface area contributed by atoms with Gasteiger partial charge in [0.1, 0.15) is 5.76 Å². The van der Waals surface area contributed by atoms with Crippen LogP contribution in [-0.2, 0) is 11.2 Å². The minimum absolute atomic E-state index is 0.130. The number of rotatable bonds is 3. The Labute approximate surface area is 116 Å². The molecule has 0 radical (unpaired) electrons. The summed E-state index contributed by atoms with van der Waals surface area (Å²) < 4.78 is 4.91. The second-order valence-electron chi connectivity index (χ2n) is 4.90. The molecule has 2 heterocycles. The third-order valence-electron chi connectivity index (χ3n) is 3.35. The van der Waals surface area contributed by atoms with Crippen molar-refractivity contribution in [2.24, 2.45) is 0 Å². The second kappa shape index (κ2) is 4.88. The number of nitrogens with zero attached hydrogens (tertiary/aromatic N) is 2. The molecule has 0 atom stereocenters. The molecule has 1 aromatic heterocycles. The highest BCUT2D eigenvalue weighted by molar-refractivity contribution is 5.94. The Morgan fingerprint density at radius 2 is 2.40 bits per heavy atom. The van der Waals surface area contributed by atoms with Crippen molar-refractivity contribution in [3.05, 3.63) is 35.6 Å². The van der Waals surface area contributed by atoms with Crippen LogP contribution in [0.3, 0.4) is 0 Å². The van der Waals surface area contributed by atoms with Gasteiger partial charge in [-0.1, -0.05) is 17.3 Å². The van der Waals surface area contributed by atoms with Gasteiger partial charge in [-0.15, -0.1) is 0 Å². The van der Waals surface area contributed by atoms with Gasteiger partial charge in [-0.25, -0.2) is 0 Å². The summed E-state index contributed by atoms with van der Waals surface area (Å²) in [6, 6.07) is 7.53. The number of amides is 1. The molecule has 0 spiro atoms. The molecule has 0 aliphatic carbocycles. The molecule has 1 aliphatic heterocycles. The van der Waals surface area contributed by atoms with Gasteiger partial charge in [-0.3, -0.25) is 4.79 Å². The highest BCUT2D eigenvalue weighted by Gasteiger charge is 2.23. The molecule has 2 aromatic rings. The van der Waals surface area contributed by atoms with E-state index in [-0.39, 0.29) is 12.5 Å². The fourth-order valence-electron chi connectivity index (χ4n) is 2.50. The summed E-state index contributed by atoms with van der Waals surface area (Å²) in [4.78, 5) is 14.0. The van der Waals surface area contributed by atoms with Gasteiger partial charge in [-0.05, 0) is 25.0 Å². The van der Waals surface area contributed by atoms with E-state index < -0.39 is 0 Å². The lowest BCUT2D eigenvalue weighted by Gasteiger charge is -2.19. The minimum atomic E-state index is -0.130. The number of carbonyl (C=O) groups is 1. The molecule has 20 heavy (non-hydrogen) atoms. The number of aromatic nitrogens is 1. The van der Waals surface area contributed by atoms with E-state index in [1.165, 1.54) is 5.56 Å². The van der Waals surface area contributed by atoms with Crippen molar-refractivity contribution in [1.29, 1.82) is 0 Å². The Morgan fingerprint density at radius 3 is 3.15 bits per heavy atom. The van der Waals surface area contributed by atoms with Crippen LogP contribution in [0.5, 0.6) is 0 Å². The zero-order valence-corrected chi connectivity index (χ0v) is 11.2. The van der Waals surface area contributed by atoms with Crippen molar-refractivity contribution in [1.82, 2.24) is 5.16 Å². The number of hydrogen-bond acceptors (Lipinski definition) is 5. The summed E-state index contributed by atoms with van der Waals surface area (Å²) in [6.07, 6.45) is 0.913. The van der Waals surface area contributed by atoms with Crippen molar-refractivity contribution in [3.8, 4) is 0 Å². The molecule has 0 fully saturated rings. The zero-order chi connectivity index (χ0) is 14.1. The van der Waals surface area contributed by atoms with E-state index in [4.69, 9.17) is 10.3 Å². The topological polar surface area (TPSA) is 84.4 Å². The van der Waals surface area contributed by atoms with E-state index in [1.54, 1.807) is 13.0 Å². The van der Waals surface area contributed by atoms with Crippen LogP contribution >= 0.6 is 0 Å². The first kappa shape index (κ1) is 12.5. The maximum Gasteiger partial charge on any atom is 0.245 e. The molecule has 1 aromatic carbocycles. The summed E-state index contributed by atoms with van der Waals surface area (Å²) in [6.45, 7) is 2.84. The average Bonchev–Trinajstić information content (AvgIpc) is 2.97. The van der Waals surface area contributed by atoms with Crippen LogP contribution in [0.25, 0.3) is 0 Å². The smallest absolute Gasteiger partial charge is 0.245 e. The van der Waals surface area contributed by atoms with E-state index in [2.05, 4.69) is 10.5 Å². The first-order valence-electron chi connectivity index (χ1n) is 6.49. The van der Waals surface area contributed by atoms with Crippen molar-refractivity contribution in [2.75, 3.05) is 29.0 Å². The maximum absolute atomic E-state index is 12.0. The number of fused-ring (bicyclic) bond motifs is 1. The van der Waals surface area contributed by atoms with Crippen molar-refractivity contribution in [3.63, 3.8) is 0 Å². The summed E-state index contributed by atoms with van der Waals surface area (Å²) in [5, 5.41) is 6.46. The van der Waals surface area contributed by atoms with E-state index in [9.17, 15) is 4.79 Å². The molecular weight excluding hydrogens is 256 g/mol. The largest absolute Gasteiger partial charge is 0.397 e. The van der Waals surface area contributed by atoms with Crippen LogP contribution in [0.1, 0.15) is 11.3 Å². The van der Waals surface area contributed by atoms with Crippen molar-refractivity contribution in [2.45, 2.75) is 13.3 Å². The number of aryl methyl sites for hydroxylation is 1. The molecule has 104 valence electrons. The Bertz CT molecular complexity index is 650. The lowest BCUT2D eigenvalue weighted by molar-refractivity contribution is -0.115. The van der Waals surface area contributed by atoms with Gasteiger partial charge in [0, 0.05) is 12.6 Å². The maximum atomic E-state index is 12.0. The second-order valence-corrected chi connectivity index (χ2v) is 4.90. The van der Waals surface area contributed by atoms with Crippen molar-refractivity contribution >= 4 is 23.1 Å². The van der Waals surface area contributed by atoms with E-state index in [0.717, 1.165) is 18.7 Å². The van der Waals surface area contributed by atoms with E-state index in [1.807, 2.05) is 23.1 Å². The number of carbonyl (C=O) groups excluding carboxylic acids is 1. The SMILES string of the molecule is Cc1cc(NC(=O)CN2CCc3cccc(N)c32)no1. The highest BCUT2D eigenvalue weighted by Crippen LogP contribution is 2.33. The lowest BCUT2D eigenvalue weighted by atomic mass is 10.1. The van der Waals surface area contributed by atoms with Gasteiger partial charge in [-0.2, -0.15) is 0 Å². The summed E-state index contributed by atoms with van der Waals surface area (Å²) in [5.74, 6) is 0.971. The standard InChI is InChI=1S/C14H16N4O2/c1-9-7-12(17-20-9)16-13(19)8-18-6-5-10-3-2-4-11(15)14(10)18/h2-4,7H,5-6,8,15H2,1H3,(H,16,17,19). The van der Waals surface area contributed by atoms with Crippen LogP contribution in [0.4, 0.5) is 17.2 Å². The lowest BCUT2D eigenvalue weighted by Crippen LogP contribution is -2.32. The van der Waals surface area contributed by atoms with Crippen LogP contribution in [-0.4, -0.2) is 24.2 Å². The number of anilines is 3. The number of hydrogen-bond donors (Lipinski definition) is 2. The summed E-state index contributed by atoms with van der Waals surface area (Å²) in [5.41, 5.74) is 8.87. The van der Waals surface area contributed by atoms with E-state index >= 15 is 0 Å². The molecule has 1 aliphatic rings. The van der Waals surface area contributed by atoms with Gasteiger partial charge < -0.3 is 20.5 Å². The molecule has 0 saturated heterocycles. The normalized spacial score (nSPS) is 13.3. The van der Waals surface area contributed by atoms with Crippen LogP contribution in [0.2, 0.25) is 0 Å². The van der Waals surface area contributed by atoms with Crippen molar-refractivity contribution < 1.29 is 9.32 Å². The van der Waals surface area contributed by atoms with Gasteiger partial charge in [0.05, 0.1) is 17.9 Å². The van der Waals surface area contributed by atoms with E-state index in [0.29, 0.717) is 17.3 Å². The van der Waals surface area contributed by atoms with Crippen LogP contribution < -0.4 is 16.0 Å². The highest BCUT2D eigenvalue weighted by atomic mass is 16.5. The quantitative estimate of drug-likeness (QED) is 0.828. The molecule has 0 saturated carbocycles. The average molecular weight is 272 g/mol. The zero-order valence-electron chi connectivity index (χ0n) is 11.2. The Hall–Kier alpha value is -2.50. The Kier molecular flexibility index (Phi) is 3.06. The Morgan fingerprint density at radius 1 is 1.55 bits per heavy atom. The molecule has 6 nitrogen and oxygen atoms in total. The molecule has 3 rings (SSSR count). The van der Waals surface area contributed by atoms with Gasteiger partial charge in [0.15, 0.2) is 5.82 Å². The number of para-hydroxylation sites is 1. The van der Waals surface area contributed by atoms with Crippen LogP contribution in [0.15, 0.2) is 28.8 Å². The molecule has 0 bridgehead atoms. The monoisotopic (exact) mass is 272 g/mol. The fourth-order valence-corrected chi connectivity index (χ4v) is 2.50. The third kappa shape index (κ3) is 2.32. The molecule has 1 amide bonds. The molecule has 3 N–H and O–H groups in total. The minimum Gasteiger partial charge on any atom is -0.397 e. The first-order valence-corrected chi connectivity index (χ1v) is 6.49. The fraction of sp³-hybridized carbons (Fsp3) is 0.286. The third-order valence-corrected chi connectivity index (χ3v) is 3.35. The predicted octanol–water partition coefficient (Wildman–Crippen LogP) is 1.57. The number of nitrogens with one attached hydrogen (secondary N) is 1. The molecule has 0 unspecified atom stereocenters. The van der Waals surface area contributed by atoms with Gasteiger partial charge in [0.25, 0.3) is 0 Å². The molecule has 6 heteroatoms. The number of nitrogens with two attached hydrogens (primary N) is 1. The number of benzene rings is 1. The van der Waals surface area contributed by atoms with Gasteiger partial charge in [0.2, 0.25) is 5.91 Å².